The normalized spacial score (nSPS) is 15.0. The third kappa shape index (κ3) is 5.27. The number of hydrogen-bond acceptors (Lipinski definition) is 2. The Labute approximate surface area is 232 Å². The predicted octanol–water partition coefficient (Wildman–Crippen LogP) is 6.90. The van der Waals surface area contributed by atoms with E-state index in [1.807, 2.05) is 47.5 Å². The lowest BCUT2D eigenvalue weighted by Gasteiger charge is -2.40. The van der Waals surface area contributed by atoms with Crippen LogP contribution < -0.4 is 0 Å². The van der Waals surface area contributed by atoms with Crippen LogP contribution in [0.2, 0.25) is 0 Å². The van der Waals surface area contributed by atoms with Gasteiger partial charge in [0.1, 0.15) is 11.6 Å². The lowest BCUT2D eigenvalue weighted by Crippen LogP contribution is -2.50. The minimum atomic E-state index is -0.638. The standard InChI is InChI=1S/C34H31F2N3O/c35-26-15-16-27(31(36)21-26)29(30-23-37-32-14-8-7-13-28(30)32)22-33(40)38-17-19-39(20-18-38)34(24-9-3-1-4-10-24)25-11-5-2-6-12-25/h1-16,21,23,29,34,37H,17-20,22H2. The molecular weight excluding hydrogens is 504 g/mol. The van der Waals surface area contributed by atoms with Crippen molar-refractivity contribution in [1.82, 2.24) is 14.8 Å². The highest BCUT2D eigenvalue weighted by atomic mass is 19.1. The lowest BCUT2D eigenvalue weighted by molar-refractivity contribution is -0.133. The maximum absolute atomic E-state index is 15.1. The van der Waals surface area contributed by atoms with Gasteiger partial charge in [0.25, 0.3) is 0 Å². The summed E-state index contributed by atoms with van der Waals surface area (Å²) in [7, 11) is 0. The smallest absolute Gasteiger partial charge is 0.223 e. The molecule has 4 nitrogen and oxygen atoms in total. The zero-order chi connectivity index (χ0) is 27.5. The van der Waals surface area contributed by atoms with Crippen molar-refractivity contribution in [2.24, 2.45) is 0 Å². The number of amides is 1. The first kappa shape index (κ1) is 26.0. The first-order chi connectivity index (χ1) is 19.6. The van der Waals surface area contributed by atoms with Gasteiger partial charge in [0.15, 0.2) is 0 Å². The van der Waals surface area contributed by atoms with Gasteiger partial charge < -0.3 is 9.88 Å². The average molecular weight is 536 g/mol. The fourth-order valence-corrected chi connectivity index (χ4v) is 5.97. The number of aromatic nitrogens is 1. The summed E-state index contributed by atoms with van der Waals surface area (Å²) in [6.07, 6.45) is 1.94. The van der Waals surface area contributed by atoms with E-state index in [1.165, 1.54) is 23.3 Å². The lowest BCUT2D eigenvalue weighted by atomic mass is 9.87. The molecule has 0 radical (unpaired) electrons. The van der Waals surface area contributed by atoms with E-state index < -0.39 is 17.6 Å². The number of nitrogens with zero attached hydrogens (tertiary/aromatic N) is 2. The van der Waals surface area contributed by atoms with Gasteiger partial charge in [-0.1, -0.05) is 84.9 Å². The molecule has 6 heteroatoms. The molecule has 0 saturated carbocycles. The molecule has 202 valence electrons. The molecule has 2 heterocycles. The molecule has 0 spiro atoms. The fourth-order valence-electron chi connectivity index (χ4n) is 5.97. The van der Waals surface area contributed by atoms with Gasteiger partial charge in [-0.3, -0.25) is 9.69 Å². The van der Waals surface area contributed by atoms with Crippen LogP contribution in [0.3, 0.4) is 0 Å². The molecule has 1 unspecified atom stereocenters. The average Bonchev–Trinajstić information content (AvgIpc) is 3.42. The number of aromatic amines is 1. The summed E-state index contributed by atoms with van der Waals surface area (Å²) >= 11 is 0. The Hall–Kier alpha value is -4.29. The van der Waals surface area contributed by atoms with Gasteiger partial charge in [-0.15, -0.1) is 0 Å². The van der Waals surface area contributed by atoms with E-state index in [-0.39, 0.29) is 18.4 Å². The van der Waals surface area contributed by atoms with Gasteiger partial charge in [0.05, 0.1) is 6.04 Å². The molecule has 4 aromatic carbocycles. The summed E-state index contributed by atoms with van der Waals surface area (Å²) < 4.78 is 28.8. The van der Waals surface area contributed by atoms with Crippen molar-refractivity contribution < 1.29 is 13.6 Å². The fraction of sp³-hybridized carbons (Fsp3) is 0.206. The first-order valence-electron chi connectivity index (χ1n) is 13.7. The van der Waals surface area contributed by atoms with Crippen LogP contribution in [0.1, 0.15) is 40.6 Å². The third-order valence-electron chi connectivity index (χ3n) is 7.98. The topological polar surface area (TPSA) is 39.3 Å². The molecule has 40 heavy (non-hydrogen) atoms. The highest BCUT2D eigenvalue weighted by Gasteiger charge is 2.31. The number of benzene rings is 4. The molecule has 1 amide bonds. The molecule has 1 saturated heterocycles. The maximum Gasteiger partial charge on any atom is 0.223 e. The van der Waals surface area contributed by atoms with Crippen LogP contribution >= 0.6 is 0 Å². The van der Waals surface area contributed by atoms with Crippen LogP contribution in [0.25, 0.3) is 10.9 Å². The van der Waals surface area contributed by atoms with Crippen molar-refractivity contribution >= 4 is 16.8 Å². The Morgan fingerprint density at radius 1 is 0.750 bits per heavy atom. The summed E-state index contributed by atoms with van der Waals surface area (Å²) in [5, 5.41) is 0.933. The van der Waals surface area contributed by atoms with Crippen molar-refractivity contribution in [3.05, 3.63) is 143 Å². The molecule has 1 aliphatic heterocycles. The summed E-state index contributed by atoms with van der Waals surface area (Å²) in [4.78, 5) is 21.3. The number of hydrogen-bond donors (Lipinski definition) is 1. The quantitative estimate of drug-likeness (QED) is 0.246. The number of carbonyl (C=O) groups excluding carboxylic acids is 1. The Bertz CT molecular complexity index is 1550. The molecule has 1 aliphatic rings. The van der Waals surface area contributed by atoms with Crippen LogP contribution in [0.5, 0.6) is 0 Å². The van der Waals surface area contributed by atoms with E-state index in [2.05, 4.69) is 58.4 Å². The summed E-state index contributed by atoms with van der Waals surface area (Å²) in [6.45, 7) is 2.62. The van der Waals surface area contributed by atoms with Gasteiger partial charge in [0.2, 0.25) is 5.91 Å². The van der Waals surface area contributed by atoms with E-state index in [0.29, 0.717) is 18.7 Å². The second kappa shape index (κ2) is 11.4. The molecule has 0 aliphatic carbocycles. The molecule has 1 fully saturated rings. The minimum Gasteiger partial charge on any atom is -0.361 e. The van der Waals surface area contributed by atoms with Crippen molar-refractivity contribution in [1.29, 1.82) is 0 Å². The number of halogens is 2. The largest absolute Gasteiger partial charge is 0.361 e. The van der Waals surface area contributed by atoms with Gasteiger partial charge >= 0.3 is 0 Å². The SMILES string of the molecule is O=C(CC(c1ccc(F)cc1F)c1c[nH]c2ccccc12)N1CCN(C(c2ccccc2)c2ccccc2)CC1. The number of rotatable bonds is 7. The number of carbonyl (C=O) groups is 1. The predicted molar refractivity (Wildman–Crippen MR) is 154 cm³/mol. The molecule has 1 N–H and O–H groups in total. The molecule has 0 bridgehead atoms. The van der Waals surface area contributed by atoms with Crippen LogP contribution in [-0.4, -0.2) is 46.9 Å². The van der Waals surface area contributed by atoms with Gasteiger partial charge in [-0.05, 0) is 34.4 Å². The monoisotopic (exact) mass is 535 g/mol. The van der Waals surface area contributed by atoms with Crippen LogP contribution in [-0.2, 0) is 4.79 Å². The minimum absolute atomic E-state index is 0.0328. The van der Waals surface area contributed by atoms with Crippen molar-refractivity contribution in [2.45, 2.75) is 18.4 Å². The van der Waals surface area contributed by atoms with Crippen LogP contribution in [0, 0.1) is 11.6 Å². The maximum atomic E-state index is 15.1. The molecule has 1 aromatic heterocycles. The summed E-state index contributed by atoms with van der Waals surface area (Å²) in [6, 6.07) is 32.4. The Morgan fingerprint density at radius 3 is 2.02 bits per heavy atom. The second-order valence-corrected chi connectivity index (χ2v) is 10.4. The van der Waals surface area contributed by atoms with E-state index in [9.17, 15) is 9.18 Å². The van der Waals surface area contributed by atoms with Crippen LogP contribution in [0.4, 0.5) is 8.78 Å². The van der Waals surface area contributed by atoms with Crippen molar-refractivity contribution in [3.8, 4) is 0 Å². The van der Waals surface area contributed by atoms with E-state index in [1.54, 1.807) is 0 Å². The number of fused-ring (bicyclic) bond motifs is 1. The van der Waals surface area contributed by atoms with Crippen molar-refractivity contribution in [3.63, 3.8) is 0 Å². The zero-order valence-electron chi connectivity index (χ0n) is 22.1. The summed E-state index contributed by atoms with van der Waals surface area (Å²) in [5.74, 6) is -1.84. The van der Waals surface area contributed by atoms with E-state index in [0.717, 1.165) is 35.6 Å². The number of H-pyrrole nitrogens is 1. The third-order valence-corrected chi connectivity index (χ3v) is 7.98. The number of piperazine rings is 1. The molecule has 1 atom stereocenters. The Kier molecular flexibility index (Phi) is 7.43. The first-order valence-corrected chi connectivity index (χ1v) is 13.7. The zero-order valence-corrected chi connectivity index (χ0v) is 22.1. The highest BCUT2D eigenvalue weighted by molar-refractivity contribution is 5.86. The van der Waals surface area contributed by atoms with E-state index >= 15 is 4.39 Å². The van der Waals surface area contributed by atoms with E-state index in [4.69, 9.17) is 0 Å². The van der Waals surface area contributed by atoms with Crippen LogP contribution in [0.15, 0.2) is 109 Å². The molecule has 6 rings (SSSR count). The summed E-state index contributed by atoms with van der Waals surface area (Å²) in [5.41, 5.74) is 4.52. The number of para-hydroxylation sites is 1. The highest BCUT2D eigenvalue weighted by Crippen LogP contribution is 2.36. The molecule has 5 aromatic rings. The Morgan fingerprint density at radius 2 is 1.38 bits per heavy atom. The van der Waals surface area contributed by atoms with Gasteiger partial charge in [-0.2, -0.15) is 0 Å². The van der Waals surface area contributed by atoms with Crippen molar-refractivity contribution in [2.75, 3.05) is 26.2 Å². The van der Waals surface area contributed by atoms with Gasteiger partial charge in [0, 0.05) is 61.7 Å². The number of nitrogens with one attached hydrogen (secondary N) is 1. The Balaban J connectivity index is 1.23. The molecular formula is C34H31F2N3O. The second-order valence-electron chi connectivity index (χ2n) is 10.4. The van der Waals surface area contributed by atoms with Gasteiger partial charge in [-0.25, -0.2) is 8.78 Å².